The molecule has 0 amide bonds. The Labute approximate surface area is 120 Å². The number of halogens is 1. The Hall–Kier alpha value is -0.370. The molecule has 1 nitrogen and oxygen atoms in total. The third-order valence-electron chi connectivity index (χ3n) is 4.23. The van der Waals surface area contributed by atoms with E-state index in [0.29, 0.717) is 10.7 Å². The fourth-order valence-corrected chi connectivity index (χ4v) is 3.82. The van der Waals surface area contributed by atoms with Crippen LogP contribution in [0.15, 0.2) is 24.4 Å². The smallest absolute Gasteiger partial charge is 0.0442 e. The van der Waals surface area contributed by atoms with Gasteiger partial charge in [-0.25, -0.2) is 0 Å². The number of rotatable bonds is 3. The number of aromatic nitrogens is 1. The molecular weight excluding hydrogens is 286 g/mol. The molecule has 1 saturated carbocycles. The van der Waals surface area contributed by atoms with Crippen LogP contribution < -0.4 is 0 Å². The molecule has 1 aromatic heterocycles. The number of hydrogen-bond acceptors (Lipinski definition) is 1. The van der Waals surface area contributed by atoms with Crippen LogP contribution in [0.2, 0.25) is 0 Å². The summed E-state index contributed by atoms with van der Waals surface area (Å²) in [5.74, 6) is 1.33. The molecule has 0 spiro atoms. The molecule has 100 valence electrons. The highest BCUT2D eigenvalue weighted by molar-refractivity contribution is 9.09. The van der Waals surface area contributed by atoms with Gasteiger partial charge in [-0.2, -0.15) is 0 Å². The van der Waals surface area contributed by atoms with Crippen molar-refractivity contribution in [3.63, 3.8) is 0 Å². The van der Waals surface area contributed by atoms with Gasteiger partial charge in [0.15, 0.2) is 0 Å². The molecule has 2 atom stereocenters. The van der Waals surface area contributed by atoms with E-state index in [9.17, 15) is 0 Å². The van der Waals surface area contributed by atoms with Crippen LogP contribution in [0.1, 0.15) is 63.5 Å². The highest BCUT2D eigenvalue weighted by Crippen LogP contribution is 2.35. The summed E-state index contributed by atoms with van der Waals surface area (Å²) in [6, 6.07) is 6.24. The summed E-state index contributed by atoms with van der Waals surface area (Å²) in [7, 11) is 0. The fourth-order valence-electron chi connectivity index (χ4n) is 3.02. The minimum Gasteiger partial charge on any atom is -0.261 e. The van der Waals surface area contributed by atoms with Gasteiger partial charge in [0.2, 0.25) is 0 Å². The van der Waals surface area contributed by atoms with Gasteiger partial charge < -0.3 is 0 Å². The molecule has 0 saturated heterocycles. The second-order valence-corrected chi connectivity index (χ2v) is 6.65. The fraction of sp³-hybridized carbons (Fsp3) is 0.688. The van der Waals surface area contributed by atoms with E-state index in [1.165, 1.54) is 50.6 Å². The van der Waals surface area contributed by atoms with Gasteiger partial charge in [0, 0.05) is 22.6 Å². The Balaban J connectivity index is 1.98. The maximum Gasteiger partial charge on any atom is 0.0442 e. The summed E-state index contributed by atoms with van der Waals surface area (Å²) in [4.78, 5) is 5.08. The minimum atomic E-state index is 0.510. The van der Waals surface area contributed by atoms with Crippen LogP contribution in [0.25, 0.3) is 0 Å². The van der Waals surface area contributed by atoms with Crippen LogP contribution in [-0.4, -0.2) is 9.81 Å². The molecule has 2 heteroatoms. The van der Waals surface area contributed by atoms with E-state index in [0.717, 1.165) is 5.92 Å². The zero-order valence-corrected chi connectivity index (χ0v) is 12.9. The third kappa shape index (κ3) is 3.81. The summed E-state index contributed by atoms with van der Waals surface area (Å²) in [6.07, 6.45) is 11.8. The van der Waals surface area contributed by atoms with Gasteiger partial charge in [0.1, 0.15) is 0 Å². The van der Waals surface area contributed by atoms with Gasteiger partial charge in [-0.1, -0.05) is 61.0 Å². The molecule has 18 heavy (non-hydrogen) atoms. The lowest BCUT2D eigenvalue weighted by Gasteiger charge is -2.28. The normalized spacial score (nSPS) is 21.9. The molecular formula is C16H24BrN. The Bertz CT molecular complexity index is 330. The molecule has 0 aliphatic heterocycles. The van der Waals surface area contributed by atoms with Crippen molar-refractivity contribution in [3.05, 3.63) is 30.1 Å². The Kier molecular flexibility index (Phi) is 5.68. The molecule has 2 unspecified atom stereocenters. The van der Waals surface area contributed by atoms with E-state index in [2.05, 4.69) is 40.0 Å². The molecule has 1 aliphatic rings. The molecule has 1 aliphatic carbocycles. The Morgan fingerprint density at radius 2 is 1.78 bits per heavy atom. The average molecular weight is 310 g/mol. The molecule has 1 fully saturated rings. The first-order valence-corrected chi connectivity index (χ1v) is 8.25. The van der Waals surface area contributed by atoms with E-state index >= 15 is 0 Å². The lowest BCUT2D eigenvalue weighted by atomic mass is 9.84. The van der Waals surface area contributed by atoms with E-state index in [-0.39, 0.29) is 0 Å². The van der Waals surface area contributed by atoms with Crippen molar-refractivity contribution in [1.82, 2.24) is 4.98 Å². The topological polar surface area (TPSA) is 12.9 Å². The lowest BCUT2D eigenvalue weighted by Crippen LogP contribution is -2.22. The number of pyridine rings is 1. The number of alkyl halides is 1. The molecule has 1 aromatic rings. The number of hydrogen-bond donors (Lipinski definition) is 0. The van der Waals surface area contributed by atoms with Gasteiger partial charge in [-0.05, 0) is 30.9 Å². The second kappa shape index (κ2) is 7.28. The van der Waals surface area contributed by atoms with Crippen molar-refractivity contribution in [1.29, 1.82) is 0 Å². The largest absolute Gasteiger partial charge is 0.261 e. The van der Waals surface area contributed by atoms with Crippen LogP contribution in [0.4, 0.5) is 0 Å². The van der Waals surface area contributed by atoms with Crippen molar-refractivity contribution >= 4 is 15.9 Å². The second-order valence-electron chi connectivity index (χ2n) is 5.59. The third-order valence-corrected chi connectivity index (χ3v) is 5.77. The van der Waals surface area contributed by atoms with Gasteiger partial charge in [0.05, 0.1) is 0 Å². The maximum absolute atomic E-state index is 4.51. The SMILES string of the molecule is CC(c1ccccn1)C(Br)C1CCCCCCC1. The highest BCUT2D eigenvalue weighted by atomic mass is 79.9. The van der Waals surface area contributed by atoms with E-state index < -0.39 is 0 Å². The molecule has 0 bridgehead atoms. The van der Waals surface area contributed by atoms with Crippen LogP contribution in [0.3, 0.4) is 0 Å². The van der Waals surface area contributed by atoms with Crippen molar-refractivity contribution in [3.8, 4) is 0 Å². The van der Waals surface area contributed by atoms with Crippen molar-refractivity contribution in [2.75, 3.05) is 0 Å². The monoisotopic (exact) mass is 309 g/mol. The Morgan fingerprint density at radius 3 is 2.39 bits per heavy atom. The summed E-state index contributed by atoms with van der Waals surface area (Å²) in [5, 5.41) is 0. The predicted octanol–water partition coefficient (Wildman–Crippen LogP) is 5.31. The number of nitrogens with zero attached hydrogens (tertiary/aromatic N) is 1. The van der Waals surface area contributed by atoms with Crippen molar-refractivity contribution < 1.29 is 0 Å². The van der Waals surface area contributed by atoms with Crippen molar-refractivity contribution in [2.45, 2.75) is 62.6 Å². The summed E-state index contributed by atoms with van der Waals surface area (Å²) >= 11 is 3.96. The van der Waals surface area contributed by atoms with Crippen molar-refractivity contribution in [2.24, 2.45) is 5.92 Å². The van der Waals surface area contributed by atoms with Crippen LogP contribution >= 0.6 is 15.9 Å². The standard InChI is InChI=1S/C16H24BrN/c1-13(15-11-7-8-12-18-15)16(17)14-9-5-3-2-4-6-10-14/h7-8,11-14,16H,2-6,9-10H2,1H3. The summed E-state index contributed by atoms with van der Waals surface area (Å²) in [6.45, 7) is 2.31. The predicted molar refractivity (Wildman–Crippen MR) is 81.2 cm³/mol. The van der Waals surface area contributed by atoms with Gasteiger partial charge >= 0.3 is 0 Å². The quantitative estimate of drug-likeness (QED) is 0.690. The van der Waals surface area contributed by atoms with Crippen LogP contribution in [0, 0.1) is 5.92 Å². The van der Waals surface area contributed by atoms with E-state index in [1.807, 2.05) is 12.3 Å². The van der Waals surface area contributed by atoms with Gasteiger partial charge in [-0.15, -0.1) is 0 Å². The van der Waals surface area contributed by atoms with Crippen LogP contribution in [0.5, 0.6) is 0 Å². The van der Waals surface area contributed by atoms with Crippen LogP contribution in [-0.2, 0) is 0 Å². The first-order valence-electron chi connectivity index (χ1n) is 7.34. The summed E-state index contributed by atoms with van der Waals surface area (Å²) in [5.41, 5.74) is 1.22. The minimum absolute atomic E-state index is 0.510. The highest BCUT2D eigenvalue weighted by Gasteiger charge is 2.26. The maximum atomic E-state index is 4.51. The zero-order valence-electron chi connectivity index (χ0n) is 11.3. The molecule has 1 heterocycles. The molecule has 0 aromatic carbocycles. The first-order chi connectivity index (χ1) is 8.79. The average Bonchev–Trinajstić information content (AvgIpc) is 2.38. The van der Waals surface area contributed by atoms with E-state index in [1.54, 1.807) is 0 Å². The lowest BCUT2D eigenvalue weighted by molar-refractivity contribution is 0.353. The first kappa shape index (κ1) is 14.0. The van der Waals surface area contributed by atoms with E-state index in [4.69, 9.17) is 0 Å². The Morgan fingerprint density at radius 1 is 1.11 bits per heavy atom. The van der Waals surface area contributed by atoms with Gasteiger partial charge in [-0.3, -0.25) is 4.98 Å². The molecule has 0 N–H and O–H groups in total. The molecule has 0 radical (unpaired) electrons. The summed E-state index contributed by atoms with van der Waals surface area (Å²) < 4.78 is 0. The molecule has 2 rings (SSSR count). The zero-order chi connectivity index (χ0) is 12.8. The van der Waals surface area contributed by atoms with Gasteiger partial charge in [0.25, 0.3) is 0 Å².